The molecular formula is C20H29N3O2. The summed E-state index contributed by atoms with van der Waals surface area (Å²) < 4.78 is 7.83. The van der Waals surface area contributed by atoms with Crippen molar-refractivity contribution in [3.8, 4) is 0 Å². The second-order valence-electron chi connectivity index (χ2n) is 6.89. The molecule has 0 radical (unpaired) electrons. The van der Waals surface area contributed by atoms with Crippen LogP contribution < -0.4 is 5.32 Å². The Bertz CT molecular complexity index is 641. The molecule has 5 heteroatoms. The molecule has 1 fully saturated rings. The molecule has 2 unspecified atom stereocenters. The lowest BCUT2D eigenvalue weighted by Gasteiger charge is -2.37. The molecule has 0 spiro atoms. The van der Waals surface area contributed by atoms with Crippen LogP contribution in [0.4, 0.5) is 0 Å². The van der Waals surface area contributed by atoms with Gasteiger partial charge in [-0.05, 0) is 37.8 Å². The van der Waals surface area contributed by atoms with Gasteiger partial charge in [-0.3, -0.25) is 0 Å². The SMILES string of the molecule is CCNC1CCCC(O)(c2cncn2CCOCc2ccccc2)C1. The van der Waals surface area contributed by atoms with Gasteiger partial charge in [-0.2, -0.15) is 0 Å². The van der Waals surface area contributed by atoms with Crippen molar-refractivity contribution >= 4 is 0 Å². The molecule has 2 atom stereocenters. The Balaban J connectivity index is 1.56. The summed E-state index contributed by atoms with van der Waals surface area (Å²) in [6, 6.07) is 10.6. The molecule has 0 amide bonds. The Morgan fingerprint density at radius 2 is 2.20 bits per heavy atom. The highest BCUT2D eigenvalue weighted by molar-refractivity contribution is 5.14. The van der Waals surface area contributed by atoms with E-state index in [4.69, 9.17) is 4.74 Å². The summed E-state index contributed by atoms with van der Waals surface area (Å²) in [7, 11) is 0. The van der Waals surface area contributed by atoms with Crippen molar-refractivity contribution < 1.29 is 9.84 Å². The highest BCUT2D eigenvalue weighted by Gasteiger charge is 2.37. The zero-order chi connectivity index (χ0) is 17.5. The summed E-state index contributed by atoms with van der Waals surface area (Å²) in [5.41, 5.74) is 1.30. The van der Waals surface area contributed by atoms with E-state index in [1.165, 1.54) is 5.56 Å². The van der Waals surface area contributed by atoms with E-state index in [2.05, 4.69) is 29.4 Å². The molecule has 0 bridgehead atoms. The fourth-order valence-electron chi connectivity index (χ4n) is 3.76. The van der Waals surface area contributed by atoms with E-state index in [0.717, 1.165) is 37.9 Å². The first-order valence-electron chi connectivity index (χ1n) is 9.29. The van der Waals surface area contributed by atoms with Gasteiger partial charge in [0.05, 0.1) is 31.4 Å². The van der Waals surface area contributed by atoms with Gasteiger partial charge in [0.1, 0.15) is 5.60 Å². The molecule has 1 saturated carbocycles. The summed E-state index contributed by atoms with van der Waals surface area (Å²) in [4.78, 5) is 4.28. The van der Waals surface area contributed by atoms with Crippen LogP contribution in [0, 0.1) is 0 Å². The maximum absolute atomic E-state index is 11.2. The summed E-state index contributed by atoms with van der Waals surface area (Å²) >= 11 is 0. The zero-order valence-corrected chi connectivity index (χ0v) is 15.0. The highest BCUT2D eigenvalue weighted by Crippen LogP contribution is 2.37. The standard InChI is InChI=1S/C20H29N3O2/c1-2-22-18-9-6-10-20(24,13-18)19-14-21-16-23(19)11-12-25-15-17-7-4-3-5-8-17/h3-5,7-8,14,16,18,22,24H,2,6,9-13,15H2,1H3. The maximum atomic E-state index is 11.2. The van der Waals surface area contributed by atoms with Gasteiger partial charge in [0, 0.05) is 12.6 Å². The largest absolute Gasteiger partial charge is 0.384 e. The van der Waals surface area contributed by atoms with Gasteiger partial charge in [0.25, 0.3) is 0 Å². The van der Waals surface area contributed by atoms with E-state index in [-0.39, 0.29) is 0 Å². The van der Waals surface area contributed by atoms with Crippen molar-refractivity contribution in [1.29, 1.82) is 0 Å². The first-order valence-corrected chi connectivity index (χ1v) is 9.29. The van der Waals surface area contributed by atoms with Crippen LogP contribution in [0.15, 0.2) is 42.9 Å². The molecule has 3 rings (SSSR count). The lowest BCUT2D eigenvalue weighted by molar-refractivity contribution is -0.0198. The molecule has 25 heavy (non-hydrogen) atoms. The fraction of sp³-hybridized carbons (Fsp3) is 0.550. The molecule has 1 aliphatic carbocycles. The molecule has 136 valence electrons. The molecule has 1 aromatic carbocycles. The van der Waals surface area contributed by atoms with E-state index in [1.54, 1.807) is 6.33 Å². The monoisotopic (exact) mass is 343 g/mol. The van der Waals surface area contributed by atoms with E-state index in [0.29, 0.717) is 25.8 Å². The van der Waals surface area contributed by atoms with Gasteiger partial charge < -0.3 is 19.7 Å². The average Bonchev–Trinajstić information content (AvgIpc) is 3.10. The molecule has 5 nitrogen and oxygen atoms in total. The van der Waals surface area contributed by atoms with E-state index < -0.39 is 5.60 Å². The van der Waals surface area contributed by atoms with Crippen molar-refractivity contribution in [2.75, 3.05) is 13.2 Å². The van der Waals surface area contributed by atoms with Crippen LogP contribution >= 0.6 is 0 Å². The number of nitrogens with zero attached hydrogens (tertiary/aromatic N) is 2. The zero-order valence-electron chi connectivity index (χ0n) is 15.0. The number of aliphatic hydroxyl groups is 1. The third-order valence-electron chi connectivity index (χ3n) is 5.00. The minimum absolute atomic E-state index is 0.376. The van der Waals surface area contributed by atoms with Crippen LogP contribution in [-0.4, -0.2) is 33.9 Å². The van der Waals surface area contributed by atoms with Crippen LogP contribution in [0.25, 0.3) is 0 Å². The van der Waals surface area contributed by atoms with Gasteiger partial charge >= 0.3 is 0 Å². The number of nitrogens with one attached hydrogen (secondary N) is 1. The Morgan fingerprint density at radius 1 is 1.36 bits per heavy atom. The fourth-order valence-corrected chi connectivity index (χ4v) is 3.76. The van der Waals surface area contributed by atoms with E-state index >= 15 is 0 Å². The second-order valence-corrected chi connectivity index (χ2v) is 6.89. The normalized spacial score (nSPS) is 23.7. The number of rotatable bonds is 8. The first kappa shape index (κ1) is 18.1. The number of hydrogen-bond donors (Lipinski definition) is 2. The number of imidazole rings is 1. The minimum atomic E-state index is -0.791. The second kappa shape index (κ2) is 8.61. The van der Waals surface area contributed by atoms with Crippen molar-refractivity contribution in [3.05, 3.63) is 54.1 Å². The predicted molar refractivity (Wildman–Crippen MR) is 98.2 cm³/mol. The number of ether oxygens (including phenoxy) is 1. The lowest BCUT2D eigenvalue weighted by atomic mass is 9.79. The van der Waals surface area contributed by atoms with Gasteiger partial charge in [0.15, 0.2) is 0 Å². The van der Waals surface area contributed by atoms with Crippen molar-refractivity contribution in [1.82, 2.24) is 14.9 Å². The first-order chi connectivity index (χ1) is 12.2. The Labute approximate surface area is 150 Å². The predicted octanol–water partition coefficient (Wildman–Crippen LogP) is 2.84. The van der Waals surface area contributed by atoms with Crippen molar-refractivity contribution in [3.63, 3.8) is 0 Å². The Hall–Kier alpha value is -1.69. The summed E-state index contributed by atoms with van der Waals surface area (Å²) in [6.07, 6.45) is 7.32. The van der Waals surface area contributed by atoms with E-state index in [1.807, 2.05) is 29.0 Å². The third kappa shape index (κ3) is 4.69. The van der Waals surface area contributed by atoms with Gasteiger partial charge in [-0.1, -0.05) is 37.3 Å². The molecule has 2 N–H and O–H groups in total. The third-order valence-corrected chi connectivity index (χ3v) is 5.00. The molecule has 0 saturated heterocycles. The maximum Gasteiger partial charge on any atom is 0.108 e. The smallest absolute Gasteiger partial charge is 0.108 e. The molecular weight excluding hydrogens is 314 g/mol. The molecule has 1 aliphatic rings. The number of hydrogen-bond acceptors (Lipinski definition) is 4. The highest BCUT2D eigenvalue weighted by atomic mass is 16.5. The van der Waals surface area contributed by atoms with Crippen LogP contribution in [0.5, 0.6) is 0 Å². The van der Waals surface area contributed by atoms with Gasteiger partial charge in [-0.15, -0.1) is 0 Å². The van der Waals surface area contributed by atoms with Crippen molar-refractivity contribution in [2.45, 2.75) is 57.4 Å². The van der Waals surface area contributed by atoms with Crippen LogP contribution in [0.2, 0.25) is 0 Å². The van der Waals surface area contributed by atoms with Crippen LogP contribution in [-0.2, 0) is 23.5 Å². The summed E-state index contributed by atoms with van der Waals surface area (Å²) in [5, 5.41) is 14.7. The van der Waals surface area contributed by atoms with Crippen molar-refractivity contribution in [2.24, 2.45) is 0 Å². The average molecular weight is 343 g/mol. The summed E-state index contributed by atoms with van der Waals surface area (Å²) in [6.45, 7) is 4.97. The Kier molecular flexibility index (Phi) is 6.24. The minimum Gasteiger partial charge on any atom is -0.384 e. The van der Waals surface area contributed by atoms with Crippen LogP contribution in [0.3, 0.4) is 0 Å². The molecule has 1 aromatic heterocycles. The van der Waals surface area contributed by atoms with Gasteiger partial charge in [0.2, 0.25) is 0 Å². The van der Waals surface area contributed by atoms with Gasteiger partial charge in [-0.25, -0.2) is 4.98 Å². The summed E-state index contributed by atoms with van der Waals surface area (Å²) in [5.74, 6) is 0. The lowest BCUT2D eigenvalue weighted by Crippen LogP contribution is -2.43. The molecule has 2 aromatic rings. The molecule has 1 heterocycles. The topological polar surface area (TPSA) is 59.3 Å². The Morgan fingerprint density at radius 3 is 3.00 bits per heavy atom. The van der Waals surface area contributed by atoms with E-state index in [9.17, 15) is 5.11 Å². The number of benzene rings is 1. The number of aromatic nitrogens is 2. The molecule has 0 aliphatic heterocycles. The quantitative estimate of drug-likeness (QED) is 0.724. The van der Waals surface area contributed by atoms with Crippen LogP contribution in [0.1, 0.15) is 43.9 Å².